The average molecular weight is 385 g/mol. The largest absolute Gasteiger partial charge is 0.329 e. The molecule has 136 valence electrons. The summed E-state index contributed by atoms with van der Waals surface area (Å²) in [6.45, 7) is 0.782. The van der Waals surface area contributed by atoms with Gasteiger partial charge < -0.3 is 5.73 Å². The Balaban J connectivity index is 0.000000115. The zero-order valence-electron chi connectivity index (χ0n) is 14.9. The Morgan fingerprint density at radius 1 is 0.962 bits per heavy atom. The lowest BCUT2D eigenvalue weighted by Gasteiger charge is -2.06. The van der Waals surface area contributed by atoms with E-state index >= 15 is 0 Å². The number of aromatic nitrogens is 2. The maximum Gasteiger partial charge on any atom is 0.113 e. The molecule has 0 atom stereocenters. The molecule has 2 heterocycles. The van der Waals surface area contributed by atoms with E-state index in [9.17, 15) is 0 Å². The van der Waals surface area contributed by atoms with Gasteiger partial charge in [-0.1, -0.05) is 0 Å². The highest BCUT2D eigenvalue weighted by atomic mass is 32.1. The van der Waals surface area contributed by atoms with Crippen LogP contribution in [0.4, 0.5) is 0 Å². The molecule has 2 N–H and O–H groups in total. The summed E-state index contributed by atoms with van der Waals surface area (Å²) < 4.78 is 0. The van der Waals surface area contributed by atoms with Gasteiger partial charge in [0.25, 0.3) is 0 Å². The van der Waals surface area contributed by atoms with Crippen LogP contribution < -0.4 is 5.73 Å². The van der Waals surface area contributed by atoms with Crippen LogP contribution in [-0.4, -0.2) is 16.5 Å². The molecule has 0 radical (unpaired) electrons. The van der Waals surface area contributed by atoms with Gasteiger partial charge >= 0.3 is 0 Å². The molecule has 4 fully saturated rings. The zero-order chi connectivity index (χ0) is 17.8. The number of nitrogens with zero attached hydrogens (tertiary/aromatic N) is 3. The van der Waals surface area contributed by atoms with E-state index in [2.05, 4.69) is 21.8 Å². The summed E-state index contributed by atoms with van der Waals surface area (Å²) >= 11 is 3.50. The fourth-order valence-corrected chi connectivity index (χ4v) is 5.61. The molecule has 0 aliphatic heterocycles. The highest BCUT2D eigenvalue weighted by Crippen LogP contribution is 2.51. The molecule has 0 unspecified atom stereocenters. The quantitative estimate of drug-likeness (QED) is 0.818. The maximum absolute atomic E-state index is 8.99. The predicted molar refractivity (Wildman–Crippen MR) is 105 cm³/mol. The highest BCUT2D eigenvalue weighted by Gasteiger charge is 2.48. The van der Waals surface area contributed by atoms with Gasteiger partial charge in [-0.25, -0.2) is 9.97 Å². The van der Waals surface area contributed by atoms with Gasteiger partial charge in [0.1, 0.15) is 15.4 Å². The van der Waals surface area contributed by atoms with Crippen molar-refractivity contribution in [3.8, 4) is 6.07 Å². The lowest BCUT2D eigenvalue weighted by atomic mass is 10.1. The molecular formula is C20H24N4S2. The van der Waals surface area contributed by atoms with Gasteiger partial charge in [0.05, 0.1) is 17.5 Å². The first-order valence-electron chi connectivity index (χ1n) is 9.71. The summed E-state index contributed by atoms with van der Waals surface area (Å²) in [4.78, 5) is 9.29. The second-order valence-corrected chi connectivity index (χ2v) is 10.1. The minimum atomic E-state index is -0.169. The molecule has 4 aliphatic rings. The van der Waals surface area contributed by atoms with Gasteiger partial charge in [-0.3, -0.25) is 0 Å². The van der Waals surface area contributed by atoms with Crippen LogP contribution in [0.1, 0.15) is 84.6 Å². The number of thiazole rings is 2. The van der Waals surface area contributed by atoms with Crippen LogP contribution in [0.5, 0.6) is 0 Å². The van der Waals surface area contributed by atoms with Gasteiger partial charge in [-0.15, -0.1) is 22.7 Å². The molecular weight excluding hydrogens is 360 g/mol. The average Bonchev–Trinajstić information content (AvgIpc) is 3.51. The molecule has 2 aromatic heterocycles. The van der Waals surface area contributed by atoms with Crippen molar-refractivity contribution in [2.45, 2.75) is 74.0 Å². The van der Waals surface area contributed by atoms with Crippen molar-refractivity contribution in [2.75, 3.05) is 6.54 Å². The Morgan fingerprint density at radius 2 is 1.50 bits per heavy atom. The summed E-state index contributed by atoms with van der Waals surface area (Å²) in [5, 5.41) is 15.7. The lowest BCUT2D eigenvalue weighted by molar-refractivity contribution is 0.693. The molecule has 4 saturated carbocycles. The van der Waals surface area contributed by atoms with Crippen LogP contribution >= 0.6 is 22.7 Å². The molecule has 0 aromatic carbocycles. The van der Waals surface area contributed by atoms with Crippen LogP contribution in [0.15, 0.2) is 10.8 Å². The first kappa shape index (κ1) is 16.9. The van der Waals surface area contributed by atoms with E-state index in [1.807, 2.05) is 11.3 Å². The number of nitriles is 1. The molecule has 4 nitrogen and oxygen atoms in total. The van der Waals surface area contributed by atoms with Crippen LogP contribution in [0.2, 0.25) is 0 Å². The van der Waals surface area contributed by atoms with E-state index in [4.69, 9.17) is 16.0 Å². The van der Waals surface area contributed by atoms with Crippen LogP contribution in [0.3, 0.4) is 0 Å². The Morgan fingerprint density at radius 3 is 1.92 bits per heavy atom. The number of nitrogens with two attached hydrogens (primary N) is 1. The monoisotopic (exact) mass is 384 g/mol. The van der Waals surface area contributed by atoms with Crippen molar-refractivity contribution in [1.82, 2.24) is 9.97 Å². The van der Waals surface area contributed by atoms with Crippen molar-refractivity contribution in [2.24, 2.45) is 5.73 Å². The molecule has 0 saturated heterocycles. The van der Waals surface area contributed by atoms with Crippen LogP contribution in [0.25, 0.3) is 0 Å². The van der Waals surface area contributed by atoms with Gasteiger partial charge in [0, 0.05) is 34.6 Å². The minimum absolute atomic E-state index is 0.169. The van der Waals surface area contributed by atoms with Gasteiger partial charge in [0.15, 0.2) is 0 Å². The molecule has 26 heavy (non-hydrogen) atoms. The summed E-state index contributed by atoms with van der Waals surface area (Å²) in [6.07, 6.45) is 9.81. The minimum Gasteiger partial charge on any atom is -0.329 e. The molecule has 2 aromatic rings. The van der Waals surface area contributed by atoms with Crippen molar-refractivity contribution in [1.29, 1.82) is 5.26 Å². The topological polar surface area (TPSA) is 75.6 Å². The SMILES string of the molecule is N#CC1(c2nc(C3CC3)cs2)CC1.NCC1(c2nc(C3CC3)cs2)CC1. The lowest BCUT2D eigenvalue weighted by Crippen LogP contribution is -2.19. The van der Waals surface area contributed by atoms with Gasteiger partial charge in [0.2, 0.25) is 0 Å². The van der Waals surface area contributed by atoms with E-state index in [1.165, 1.54) is 54.9 Å². The third-order valence-electron chi connectivity index (χ3n) is 6.11. The molecule has 6 rings (SSSR count). The van der Waals surface area contributed by atoms with Crippen molar-refractivity contribution in [3.05, 3.63) is 32.2 Å². The first-order chi connectivity index (χ1) is 12.7. The smallest absolute Gasteiger partial charge is 0.113 e. The van der Waals surface area contributed by atoms with E-state index < -0.39 is 0 Å². The summed E-state index contributed by atoms with van der Waals surface area (Å²) in [5.41, 5.74) is 8.47. The van der Waals surface area contributed by atoms with E-state index in [1.54, 1.807) is 11.3 Å². The molecule has 0 amide bonds. The maximum atomic E-state index is 8.99. The Labute approximate surface area is 162 Å². The summed E-state index contributed by atoms with van der Waals surface area (Å²) in [5.74, 6) is 1.51. The van der Waals surface area contributed by atoms with Gasteiger partial charge in [-0.05, 0) is 51.4 Å². The van der Waals surface area contributed by atoms with Crippen LogP contribution in [-0.2, 0) is 10.8 Å². The fraction of sp³-hybridized carbons (Fsp3) is 0.650. The first-order valence-corrected chi connectivity index (χ1v) is 11.5. The van der Waals surface area contributed by atoms with Crippen molar-refractivity contribution >= 4 is 22.7 Å². The molecule has 4 aliphatic carbocycles. The molecule has 6 heteroatoms. The third kappa shape index (κ3) is 3.11. The molecule has 0 bridgehead atoms. The standard InChI is InChI=1S/C10H14N2S.C10H10N2S/c2*11-6-10(3-4-10)9-12-8(5-13-9)7-1-2-7/h5,7H,1-4,6,11H2;5,7H,1-4H2. The normalized spacial score (nSPS) is 24.3. The van der Waals surface area contributed by atoms with Gasteiger partial charge in [-0.2, -0.15) is 5.26 Å². The third-order valence-corrected chi connectivity index (χ3v) is 8.28. The van der Waals surface area contributed by atoms with Crippen molar-refractivity contribution < 1.29 is 0 Å². The fourth-order valence-electron chi connectivity index (χ4n) is 3.32. The van der Waals surface area contributed by atoms with E-state index in [-0.39, 0.29) is 5.41 Å². The van der Waals surface area contributed by atoms with Crippen molar-refractivity contribution in [3.63, 3.8) is 0 Å². The summed E-state index contributed by atoms with van der Waals surface area (Å²) in [7, 11) is 0. The second kappa shape index (κ2) is 6.12. The zero-order valence-corrected chi connectivity index (χ0v) is 16.5. The Hall–Kier alpha value is -1.29. The predicted octanol–water partition coefficient (Wildman–Crippen LogP) is 4.59. The van der Waals surface area contributed by atoms with E-state index in [0.717, 1.165) is 36.2 Å². The second-order valence-electron chi connectivity index (χ2n) is 8.38. The number of hydrogen-bond donors (Lipinski definition) is 1. The Kier molecular flexibility index (Phi) is 3.97. The Bertz CT molecular complexity index is 845. The van der Waals surface area contributed by atoms with Crippen LogP contribution in [0, 0.1) is 11.3 Å². The number of hydrogen-bond acceptors (Lipinski definition) is 6. The highest BCUT2D eigenvalue weighted by molar-refractivity contribution is 7.10. The number of rotatable bonds is 5. The summed E-state index contributed by atoms with van der Waals surface area (Å²) in [6, 6.07) is 2.39. The molecule has 0 spiro atoms. The van der Waals surface area contributed by atoms with E-state index in [0.29, 0.717) is 5.41 Å².